The average molecular weight is 268 g/mol. The molecule has 1 rings (SSSR count). The topological polar surface area (TPSA) is 26.0 Å². The van der Waals surface area contributed by atoms with E-state index in [2.05, 4.69) is 47.6 Å². The highest BCUT2D eigenvalue weighted by Crippen LogP contribution is 2.23. The van der Waals surface area contributed by atoms with Crippen molar-refractivity contribution >= 4 is 15.9 Å². The Balaban J connectivity index is 2.72. The molecule has 2 heteroatoms. The van der Waals surface area contributed by atoms with E-state index in [4.69, 9.17) is 5.73 Å². The highest BCUT2D eigenvalue weighted by Gasteiger charge is 2.07. The molecule has 82 valence electrons. The summed E-state index contributed by atoms with van der Waals surface area (Å²) in [6.07, 6.45) is 1.96. The van der Waals surface area contributed by atoms with Gasteiger partial charge in [0.2, 0.25) is 0 Å². The van der Waals surface area contributed by atoms with E-state index in [9.17, 15) is 0 Å². The van der Waals surface area contributed by atoms with Gasteiger partial charge in [-0.1, -0.05) is 27.6 Å². The fraction of sp³-hybridized carbons (Fsp3) is 0.385. The second kappa shape index (κ2) is 5.47. The van der Waals surface area contributed by atoms with E-state index in [1.165, 1.54) is 16.7 Å². The van der Waals surface area contributed by atoms with Crippen LogP contribution < -0.4 is 5.73 Å². The zero-order valence-corrected chi connectivity index (χ0v) is 11.0. The Labute approximate surface area is 101 Å². The third kappa shape index (κ3) is 4.18. The monoisotopic (exact) mass is 267 g/mol. The summed E-state index contributed by atoms with van der Waals surface area (Å²) in [6.45, 7) is 8.01. The van der Waals surface area contributed by atoms with Crippen molar-refractivity contribution in [3.05, 3.63) is 46.0 Å². The first kappa shape index (κ1) is 12.5. The fourth-order valence-electron chi connectivity index (χ4n) is 1.55. The number of hydrogen-bond acceptors (Lipinski definition) is 1. The van der Waals surface area contributed by atoms with Gasteiger partial charge in [0, 0.05) is 10.5 Å². The zero-order chi connectivity index (χ0) is 11.4. The van der Waals surface area contributed by atoms with Gasteiger partial charge >= 0.3 is 0 Å². The van der Waals surface area contributed by atoms with Crippen LogP contribution in [0.3, 0.4) is 0 Å². The van der Waals surface area contributed by atoms with Gasteiger partial charge in [-0.3, -0.25) is 0 Å². The van der Waals surface area contributed by atoms with Crippen molar-refractivity contribution in [3.63, 3.8) is 0 Å². The predicted octanol–water partition coefficient (Wildman–Crippen LogP) is 4.11. The van der Waals surface area contributed by atoms with Crippen LogP contribution in [-0.4, -0.2) is 0 Å². The molecule has 0 spiro atoms. The highest BCUT2D eigenvalue weighted by atomic mass is 79.9. The lowest BCUT2D eigenvalue weighted by Crippen LogP contribution is -2.10. The summed E-state index contributed by atoms with van der Waals surface area (Å²) in [5.74, 6) is 0. The molecule has 1 aromatic rings. The van der Waals surface area contributed by atoms with Gasteiger partial charge in [0.25, 0.3) is 0 Å². The molecule has 0 saturated carbocycles. The number of hydrogen-bond donors (Lipinski definition) is 1. The third-order valence-electron chi connectivity index (χ3n) is 2.37. The van der Waals surface area contributed by atoms with Crippen molar-refractivity contribution in [2.24, 2.45) is 5.73 Å². The maximum Gasteiger partial charge on any atom is 0.0298 e. The van der Waals surface area contributed by atoms with Gasteiger partial charge in [0.1, 0.15) is 0 Å². The summed E-state index contributed by atoms with van der Waals surface area (Å²) in [5.41, 5.74) is 9.75. The molecule has 1 unspecified atom stereocenters. The van der Waals surface area contributed by atoms with E-state index in [-0.39, 0.29) is 6.04 Å². The lowest BCUT2D eigenvalue weighted by molar-refractivity contribution is 0.648. The molecule has 0 fully saturated rings. The van der Waals surface area contributed by atoms with Gasteiger partial charge in [-0.25, -0.2) is 0 Å². The second-order valence-electron chi connectivity index (χ2n) is 4.16. The van der Waals surface area contributed by atoms with E-state index < -0.39 is 0 Å². The second-order valence-corrected chi connectivity index (χ2v) is 5.08. The number of nitrogens with two attached hydrogens (primary N) is 1. The highest BCUT2D eigenvalue weighted by molar-refractivity contribution is 9.10. The first-order chi connectivity index (χ1) is 6.99. The molecule has 0 saturated heterocycles. The van der Waals surface area contributed by atoms with Crippen molar-refractivity contribution in [2.75, 3.05) is 0 Å². The van der Waals surface area contributed by atoms with Crippen molar-refractivity contribution in [1.82, 2.24) is 0 Å². The fourth-order valence-corrected chi connectivity index (χ4v) is 2.17. The lowest BCUT2D eigenvalue weighted by Gasteiger charge is -2.13. The average Bonchev–Trinajstić information content (AvgIpc) is 2.12. The minimum atomic E-state index is 0.109. The number of aryl methyl sites for hydroxylation is 1. The van der Waals surface area contributed by atoms with Crippen LogP contribution in [0.2, 0.25) is 0 Å². The molecule has 0 heterocycles. The van der Waals surface area contributed by atoms with E-state index in [1.807, 2.05) is 6.92 Å². The molecule has 0 aromatic heterocycles. The Morgan fingerprint density at radius 1 is 1.47 bits per heavy atom. The summed E-state index contributed by atoms with van der Waals surface area (Å²) >= 11 is 3.49. The molecule has 2 N–H and O–H groups in total. The first-order valence-corrected chi connectivity index (χ1v) is 5.95. The van der Waals surface area contributed by atoms with Crippen LogP contribution in [0.25, 0.3) is 0 Å². The van der Waals surface area contributed by atoms with Crippen LogP contribution >= 0.6 is 15.9 Å². The number of halogens is 1. The van der Waals surface area contributed by atoms with Crippen LogP contribution in [0.1, 0.15) is 36.9 Å². The van der Waals surface area contributed by atoms with Gasteiger partial charge in [0.15, 0.2) is 0 Å². The van der Waals surface area contributed by atoms with Crippen molar-refractivity contribution < 1.29 is 0 Å². The van der Waals surface area contributed by atoms with Crippen molar-refractivity contribution in [3.8, 4) is 0 Å². The Hall–Kier alpha value is -0.600. The largest absolute Gasteiger partial charge is 0.324 e. The summed E-state index contributed by atoms with van der Waals surface area (Å²) < 4.78 is 1.10. The smallest absolute Gasteiger partial charge is 0.0298 e. The number of allylic oxidation sites excluding steroid dienone is 1. The molecule has 0 aliphatic rings. The predicted molar refractivity (Wildman–Crippen MR) is 69.9 cm³/mol. The van der Waals surface area contributed by atoms with Crippen LogP contribution in [0.15, 0.2) is 34.8 Å². The van der Waals surface area contributed by atoms with Gasteiger partial charge in [-0.2, -0.15) is 0 Å². The summed E-state index contributed by atoms with van der Waals surface area (Å²) in [5, 5.41) is 0. The quantitative estimate of drug-likeness (QED) is 0.817. The van der Waals surface area contributed by atoms with Gasteiger partial charge in [-0.05, 0) is 49.9 Å². The maximum atomic E-state index is 6.12. The van der Waals surface area contributed by atoms with Gasteiger partial charge in [-0.15, -0.1) is 6.58 Å². The van der Waals surface area contributed by atoms with Crippen LogP contribution in [0, 0.1) is 6.92 Å². The Morgan fingerprint density at radius 3 is 2.67 bits per heavy atom. The van der Waals surface area contributed by atoms with Crippen LogP contribution in [0.5, 0.6) is 0 Å². The maximum absolute atomic E-state index is 6.12. The molecule has 0 amide bonds. The normalized spacial score (nSPS) is 12.5. The van der Waals surface area contributed by atoms with Gasteiger partial charge < -0.3 is 5.73 Å². The Morgan fingerprint density at radius 2 is 2.13 bits per heavy atom. The molecule has 0 aliphatic carbocycles. The van der Waals surface area contributed by atoms with E-state index >= 15 is 0 Å². The molecule has 1 atom stereocenters. The third-order valence-corrected chi connectivity index (χ3v) is 2.83. The van der Waals surface area contributed by atoms with Crippen molar-refractivity contribution in [2.45, 2.75) is 32.7 Å². The van der Waals surface area contributed by atoms with Crippen LogP contribution in [-0.2, 0) is 0 Å². The molecular formula is C13H18BrN. The summed E-state index contributed by atoms with van der Waals surface area (Å²) in [4.78, 5) is 0. The molecule has 0 radical (unpaired) electrons. The number of benzene rings is 1. The van der Waals surface area contributed by atoms with E-state index in [1.54, 1.807) is 0 Å². The summed E-state index contributed by atoms with van der Waals surface area (Å²) in [6, 6.07) is 6.44. The van der Waals surface area contributed by atoms with Crippen LogP contribution in [0.4, 0.5) is 0 Å². The van der Waals surface area contributed by atoms with Gasteiger partial charge in [0.05, 0.1) is 0 Å². The zero-order valence-electron chi connectivity index (χ0n) is 9.39. The standard InChI is InChI=1S/C13H18BrN/c1-9(2)4-5-13(15)11-6-10(3)7-12(14)8-11/h6-8,13H,1,4-5,15H2,2-3H3. The Bertz CT molecular complexity index is 337. The summed E-state index contributed by atoms with van der Waals surface area (Å²) in [7, 11) is 0. The number of rotatable bonds is 4. The van der Waals surface area contributed by atoms with E-state index in [0.29, 0.717) is 0 Å². The molecule has 1 aromatic carbocycles. The first-order valence-electron chi connectivity index (χ1n) is 5.16. The lowest BCUT2D eigenvalue weighted by atomic mass is 9.99. The molecule has 0 aliphatic heterocycles. The molecule has 15 heavy (non-hydrogen) atoms. The molecular weight excluding hydrogens is 250 g/mol. The minimum absolute atomic E-state index is 0.109. The SMILES string of the molecule is C=C(C)CCC(N)c1cc(C)cc(Br)c1. The molecule has 0 bridgehead atoms. The van der Waals surface area contributed by atoms with E-state index in [0.717, 1.165) is 17.3 Å². The molecule has 1 nitrogen and oxygen atoms in total. The Kier molecular flexibility index (Phi) is 4.55. The van der Waals surface area contributed by atoms with Crippen molar-refractivity contribution in [1.29, 1.82) is 0 Å². The minimum Gasteiger partial charge on any atom is -0.324 e.